The molecule has 0 aromatic heterocycles. The Balaban J connectivity index is 0. The smallest absolute Gasteiger partial charge is 0.411 e. The van der Waals surface area contributed by atoms with E-state index in [4.69, 9.17) is 24.8 Å². The molecule has 0 heterocycles. The predicted molar refractivity (Wildman–Crippen MR) is 56.7 cm³/mol. The molecule has 0 amide bonds. The van der Waals surface area contributed by atoms with Crippen molar-refractivity contribution in [3.05, 3.63) is 0 Å². The Hall–Kier alpha value is 0.629. The van der Waals surface area contributed by atoms with Gasteiger partial charge in [0.25, 0.3) is 0 Å². The third-order valence-corrected chi connectivity index (χ3v) is 2.19. The maximum absolute atomic E-state index is 4.91. The van der Waals surface area contributed by atoms with Crippen LogP contribution in [-0.2, 0) is 29.7 Å². The van der Waals surface area contributed by atoms with Crippen LogP contribution in [0.25, 0.3) is 0 Å². The van der Waals surface area contributed by atoms with E-state index in [9.17, 15) is 0 Å². The van der Waals surface area contributed by atoms with Gasteiger partial charge in [0, 0.05) is 13.1 Å². The monoisotopic (exact) mass is 253 g/mol. The third kappa shape index (κ3) is 7.29. The van der Waals surface area contributed by atoms with Gasteiger partial charge in [0.1, 0.15) is 0 Å². The summed E-state index contributed by atoms with van der Waals surface area (Å²) in [5.41, 5.74) is 0. The molecule has 0 saturated carbocycles. The molecule has 0 saturated heterocycles. The molecule has 0 atom stereocenters. The number of hydrogen-bond acceptors (Lipinski definition) is 2. The maximum Gasteiger partial charge on any atom is 1.00 e. The van der Waals surface area contributed by atoms with Gasteiger partial charge in [-0.15, -0.1) is 0 Å². The molecule has 0 aliphatic carbocycles. The molecular formula is C8H16CuNS2. The van der Waals surface area contributed by atoms with E-state index >= 15 is 0 Å². The Bertz CT molecular complexity index is 120. The molecule has 76 valence electrons. The molecule has 0 radical (unpaired) electrons. The van der Waals surface area contributed by atoms with Crippen LogP contribution >= 0.6 is 12.2 Å². The summed E-state index contributed by atoms with van der Waals surface area (Å²) < 4.78 is 0.614. The van der Waals surface area contributed by atoms with Crippen molar-refractivity contribution in [3.8, 4) is 0 Å². The average Bonchev–Trinajstić information content (AvgIpc) is 1.97. The first-order valence-corrected chi connectivity index (χ1v) is 5.00. The number of rotatable bonds is 5. The van der Waals surface area contributed by atoms with Crippen LogP contribution < -0.4 is 0 Å². The Morgan fingerprint density at radius 1 is 1.33 bits per heavy atom. The van der Waals surface area contributed by atoms with Crippen LogP contribution in [0.4, 0.5) is 0 Å². The molecule has 0 N–H and O–H groups in total. The van der Waals surface area contributed by atoms with Crippen LogP contribution in [0.3, 0.4) is 0 Å². The largest absolute Gasteiger partial charge is 1.00 e. The van der Waals surface area contributed by atoms with Gasteiger partial charge < -0.3 is 29.7 Å². The van der Waals surface area contributed by atoms with Gasteiger partial charge >= 0.3 is 17.1 Å². The van der Waals surface area contributed by atoms with Crippen LogP contribution in [0.2, 0.25) is 0 Å². The van der Waals surface area contributed by atoms with E-state index in [-0.39, 0.29) is 17.1 Å². The van der Waals surface area contributed by atoms with Crippen LogP contribution in [0.1, 0.15) is 33.1 Å². The van der Waals surface area contributed by atoms with Gasteiger partial charge in [0.2, 0.25) is 0 Å². The van der Waals surface area contributed by atoms with Gasteiger partial charge in [-0.1, -0.05) is 24.1 Å². The van der Waals surface area contributed by atoms with Crippen LogP contribution in [-0.4, -0.2) is 22.3 Å². The van der Waals surface area contributed by atoms with Gasteiger partial charge in [-0.3, -0.25) is 0 Å². The summed E-state index contributed by atoms with van der Waals surface area (Å²) in [5.74, 6) is 0. The van der Waals surface area contributed by atoms with E-state index in [0.29, 0.717) is 4.32 Å². The molecule has 0 fully saturated rings. The van der Waals surface area contributed by atoms with E-state index < -0.39 is 0 Å². The fourth-order valence-electron chi connectivity index (χ4n) is 0.931. The van der Waals surface area contributed by atoms with Gasteiger partial charge in [0.15, 0.2) is 0 Å². The summed E-state index contributed by atoms with van der Waals surface area (Å²) in [7, 11) is 0. The molecule has 0 bridgehead atoms. The van der Waals surface area contributed by atoms with Crippen molar-refractivity contribution >= 4 is 29.2 Å². The molecular weight excluding hydrogens is 238 g/mol. The first-order valence-electron chi connectivity index (χ1n) is 4.18. The van der Waals surface area contributed by atoms with Crippen molar-refractivity contribution < 1.29 is 17.1 Å². The maximum atomic E-state index is 4.91. The Labute approximate surface area is 97.2 Å². The fourth-order valence-corrected chi connectivity index (χ4v) is 1.37. The summed E-state index contributed by atoms with van der Waals surface area (Å²) in [5, 5.41) is 0. The SMILES string of the molecule is CCCCCN(CC)C(=S)[S-].[Cu+]. The molecule has 0 aromatic rings. The molecule has 0 unspecified atom stereocenters. The summed E-state index contributed by atoms with van der Waals surface area (Å²) in [4.78, 5) is 2.07. The predicted octanol–water partition coefficient (Wildman–Crippen LogP) is 2.33. The molecule has 1 nitrogen and oxygen atoms in total. The normalized spacial score (nSPS) is 8.83. The summed E-state index contributed by atoms with van der Waals surface area (Å²) in [6.45, 7) is 6.27. The van der Waals surface area contributed by atoms with Crippen LogP contribution in [0, 0.1) is 0 Å². The van der Waals surface area contributed by atoms with Gasteiger partial charge in [-0.05, 0) is 13.3 Å². The van der Waals surface area contributed by atoms with Crippen LogP contribution in [0.5, 0.6) is 0 Å². The van der Waals surface area contributed by atoms with E-state index in [2.05, 4.69) is 18.7 Å². The van der Waals surface area contributed by atoms with E-state index in [0.717, 1.165) is 13.1 Å². The van der Waals surface area contributed by atoms with E-state index in [1.807, 2.05) is 0 Å². The summed E-state index contributed by atoms with van der Waals surface area (Å²) in [6.07, 6.45) is 3.73. The standard InChI is InChI=1S/C8H17NS2.Cu/c1-3-5-6-7-9(4-2)8(10)11;/h3-7H2,1-2H3,(H,10,11);/q;+1/p-1. The zero-order valence-corrected chi connectivity index (χ0v) is 10.2. The Morgan fingerprint density at radius 2 is 1.92 bits per heavy atom. The van der Waals surface area contributed by atoms with Crippen molar-refractivity contribution in [3.63, 3.8) is 0 Å². The second kappa shape index (κ2) is 9.72. The van der Waals surface area contributed by atoms with Crippen molar-refractivity contribution in [1.82, 2.24) is 4.90 Å². The minimum atomic E-state index is 0. The fraction of sp³-hybridized carbons (Fsp3) is 0.875. The Kier molecular flexibility index (Phi) is 12.2. The average molecular weight is 254 g/mol. The number of unbranched alkanes of at least 4 members (excludes halogenated alkanes) is 2. The molecule has 0 aliphatic heterocycles. The number of thiocarbonyl (C=S) groups is 1. The number of nitrogens with zero attached hydrogens (tertiary/aromatic N) is 1. The topological polar surface area (TPSA) is 3.24 Å². The van der Waals surface area contributed by atoms with Gasteiger partial charge in [-0.25, -0.2) is 0 Å². The van der Waals surface area contributed by atoms with Crippen molar-refractivity contribution in [2.75, 3.05) is 13.1 Å². The zero-order chi connectivity index (χ0) is 8.69. The molecule has 0 rings (SSSR count). The Morgan fingerprint density at radius 3 is 2.25 bits per heavy atom. The quantitative estimate of drug-likeness (QED) is 0.321. The summed E-state index contributed by atoms with van der Waals surface area (Å²) >= 11 is 9.81. The second-order valence-corrected chi connectivity index (χ2v) is 3.58. The molecule has 0 aliphatic rings. The first kappa shape index (κ1) is 15.1. The van der Waals surface area contributed by atoms with E-state index in [1.54, 1.807) is 0 Å². The van der Waals surface area contributed by atoms with Crippen molar-refractivity contribution in [1.29, 1.82) is 0 Å². The molecule has 12 heavy (non-hydrogen) atoms. The zero-order valence-electron chi connectivity index (χ0n) is 7.60. The van der Waals surface area contributed by atoms with E-state index in [1.165, 1.54) is 19.3 Å². The molecule has 4 heteroatoms. The molecule has 0 aromatic carbocycles. The number of hydrogen-bond donors (Lipinski definition) is 0. The van der Waals surface area contributed by atoms with Gasteiger partial charge in [-0.2, -0.15) is 0 Å². The van der Waals surface area contributed by atoms with Crippen molar-refractivity contribution in [2.45, 2.75) is 33.1 Å². The van der Waals surface area contributed by atoms with Crippen molar-refractivity contribution in [2.24, 2.45) is 0 Å². The van der Waals surface area contributed by atoms with Crippen LogP contribution in [0.15, 0.2) is 0 Å². The van der Waals surface area contributed by atoms with Gasteiger partial charge in [0.05, 0.1) is 0 Å². The third-order valence-electron chi connectivity index (χ3n) is 1.67. The minimum Gasteiger partial charge on any atom is -0.411 e. The first-order chi connectivity index (χ1) is 5.22. The summed E-state index contributed by atoms with van der Waals surface area (Å²) in [6, 6.07) is 0. The second-order valence-electron chi connectivity index (χ2n) is 2.55. The molecule has 0 spiro atoms. The minimum absolute atomic E-state index is 0.